The highest BCUT2D eigenvalue weighted by Crippen LogP contribution is 2.26. The van der Waals surface area contributed by atoms with Gasteiger partial charge >= 0.3 is 0 Å². The van der Waals surface area contributed by atoms with Crippen LogP contribution in [0.4, 0.5) is 15.2 Å². The number of nitrogens with zero attached hydrogens (tertiary/aromatic N) is 3. The van der Waals surface area contributed by atoms with Gasteiger partial charge in [-0.05, 0) is 48.9 Å². The van der Waals surface area contributed by atoms with Crippen molar-refractivity contribution in [2.45, 2.75) is 6.92 Å². The number of fused-ring (bicyclic) bond motifs is 1. The number of hydrogen-bond donors (Lipinski definition) is 1. The monoisotopic (exact) mass is 384 g/mol. The second kappa shape index (κ2) is 7.62. The van der Waals surface area contributed by atoms with Crippen LogP contribution in [0, 0.1) is 12.7 Å². The molecule has 1 saturated heterocycles. The Labute approximate surface area is 161 Å². The number of nitrogens with one attached hydrogen (secondary N) is 1. The molecule has 140 valence electrons. The number of aryl methyl sites for hydroxylation is 1. The number of halogens is 1. The Morgan fingerprint density at radius 3 is 2.63 bits per heavy atom. The average Bonchev–Trinajstić information content (AvgIpc) is 3.04. The molecule has 0 radical (unpaired) electrons. The minimum atomic E-state index is -0.223. The molecule has 0 atom stereocenters. The lowest BCUT2D eigenvalue weighted by Crippen LogP contribution is -2.48. The quantitative estimate of drug-likeness (QED) is 0.748. The number of aromatic nitrogens is 1. The number of thiazole rings is 1. The van der Waals surface area contributed by atoms with Crippen LogP contribution in [0.2, 0.25) is 0 Å². The summed E-state index contributed by atoms with van der Waals surface area (Å²) >= 11 is 1.50. The van der Waals surface area contributed by atoms with E-state index in [1.165, 1.54) is 29.0 Å². The van der Waals surface area contributed by atoms with Crippen molar-refractivity contribution in [3.05, 3.63) is 53.8 Å². The van der Waals surface area contributed by atoms with Gasteiger partial charge < -0.3 is 10.2 Å². The Balaban J connectivity index is 1.30. The lowest BCUT2D eigenvalue weighted by atomic mass is 10.2. The van der Waals surface area contributed by atoms with E-state index in [1.807, 2.05) is 19.1 Å². The Kier molecular flexibility index (Phi) is 5.05. The van der Waals surface area contributed by atoms with Crippen molar-refractivity contribution < 1.29 is 9.18 Å². The first-order valence-corrected chi connectivity index (χ1v) is 9.78. The molecule has 0 spiro atoms. The number of rotatable bonds is 4. The summed E-state index contributed by atoms with van der Waals surface area (Å²) in [6.07, 6.45) is 0. The van der Waals surface area contributed by atoms with Gasteiger partial charge in [-0.25, -0.2) is 9.37 Å². The highest BCUT2D eigenvalue weighted by molar-refractivity contribution is 7.22. The number of benzene rings is 2. The first-order valence-electron chi connectivity index (χ1n) is 8.97. The SMILES string of the molecule is Cc1ccc2nc(NC(=O)CN3CCN(c4ccc(F)cc4)CC3)sc2c1. The minimum Gasteiger partial charge on any atom is -0.369 e. The third kappa shape index (κ3) is 4.26. The van der Waals surface area contributed by atoms with E-state index in [2.05, 4.69) is 26.2 Å². The molecule has 5 nitrogen and oxygen atoms in total. The predicted molar refractivity (Wildman–Crippen MR) is 108 cm³/mol. The van der Waals surface area contributed by atoms with Gasteiger partial charge in [0.2, 0.25) is 5.91 Å². The summed E-state index contributed by atoms with van der Waals surface area (Å²) in [6.45, 7) is 5.63. The number of amides is 1. The van der Waals surface area contributed by atoms with Crippen molar-refractivity contribution in [3.8, 4) is 0 Å². The summed E-state index contributed by atoms with van der Waals surface area (Å²) in [5.41, 5.74) is 3.11. The normalized spacial score (nSPS) is 15.3. The molecule has 0 unspecified atom stereocenters. The van der Waals surface area contributed by atoms with Crippen LogP contribution in [0.3, 0.4) is 0 Å². The van der Waals surface area contributed by atoms with Gasteiger partial charge in [-0.1, -0.05) is 17.4 Å². The molecule has 2 aromatic carbocycles. The zero-order chi connectivity index (χ0) is 18.8. The lowest BCUT2D eigenvalue weighted by molar-refractivity contribution is -0.117. The predicted octanol–water partition coefficient (Wildman–Crippen LogP) is 3.50. The maximum Gasteiger partial charge on any atom is 0.240 e. The van der Waals surface area contributed by atoms with E-state index in [9.17, 15) is 9.18 Å². The zero-order valence-corrected chi connectivity index (χ0v) is 15.9. The Hall–Kier alpha value is -2.51. The number of anilines is 2. The van der Waals surface area contributed by atoms with Gasteiger partial charge in [0.1, 0.15) is 5.82 Å². The Morgan fingerprint density at radius 1 is 1.15 bits per heavy atom. The van der Waals surface area contributed by atoms with Crippen LogP contribution >= 0.6 is 11.3 Å². The van der Waals surface area contributed by atoms with Crippen LogP contribution < -0.4 is 10.2 Å². The van der Waals surface area contributed by atoms with E-state index >= 15 is 0 Å². The first-order chi connectivity index (χ1) is 13.1. The van der Waals surface area contributed by atoms with Crippen molar-refractivity contribution in [1.29, 1.82) is 0 Å². The Morgan fingerprint density at radius 2 is 1.89 bits per heavy atom. The van der Waals surface area contributed by atoms with E-state index in [1.54, 1.807) is 12.1 Å². The molecule has 27 heavy (non-hydrogen) atoms. The Bertz CT molecular complexity index is 948. The molecule has 3 aromatic rings. The molecule has 0 aliphatic carbocycles. The van der Waals surface area contributed by atoms with E-state index in [-0.39, 0.29) is 11.7 Å². The largest absolute Gasteiger partial charge is 0.369 e. The number of piperazine rings is 1. The van der Waals surface area contributed by atoms with Gasteiger partial charge in [-0.3, -0.25) is 9.69 Å². The maximum atomic E-state index is 13.1. The summed E-state index contributed by atoms with van der Waals surface area (Å²) in [6, 6.07) is 12.6. The average molecular weight is 384 g/mol. The van der Waals surface area contributed by atoms with Crippen LogP contribution in [0.15, 0.2) is 42.5 Å². The fourth-order valence-corrected chi connectivity index (χ4v) is 4.24. The summed E-state index contributed by atoms with van der Waals surface area (Å²) in [5, 5.41) is 3.56. The van der Waals surface area contributed by atoms with Crippen molar-refractivity contribution in [3.63, 3.8) is 0 Å². The van der Waals surface area contributed by atoms with Gasteiger partial charge in [0.25, 0.3) is 0 Å². The number of carbonyl (C=O) groups is 1. The van der Waals surface area contributed by atoms with Crippen molar-refractivity contribution in [1.82, 2.24) is 9.88 Å². The number of hydrogen-bond acceptors (Lipinski definition) is 5. The minimum absolute atomic E-state index is 0.0407. The maximum absolute atomic E-state index is 13.1. The zero-order valence-electron chi connectivity index (χ0n) is 15.1. The molecule has 1 aliphatic rings. The standard InChI is InChI=1S/C20H21FN4OS/c1-14-2-7-17-18(12-14)27-20(22-17)23-19(26)13-24-8-10-25(11-9-24)16-5-3-15(21)4-6-16/h2-7,12H,8-11,13H2,1H3,(H,22,23,26). The molecular formula is C20H21FN4OS. The molecular weight excluding hydrogens is 363 g/mol. The van der Waals surface area contributed by atoms with Crippen LogP contribution in [-0.2, 0) is 4.79 Å². The van der Waals surface area contributed by atoms with Gasteiger partial charge in [-0.2, -0.15) is 0 Å². The molecule has 1 N–H and O–H groups in total. The van der Waals surface area contributed by atoms with Crippen molar-refractivity contribution in [2.24, 2.45) is 0 Å². The second-order valence-corrected chi connectivity index (χ2v) is 7.81. The molecule has 7 heteroatoms. The van der Waals surface area contributed by atoms with Crippen LogP contribution in [0.25, 0.3) is 10.2 Å². The molecule has 1 aliphatic heterocycles. The fraction of sp³-hybridized carbons (Fsp3) is 0.300. The summed E-state index contributed by atoms with van der Waals surface area (Å²) in [4.78, 5) is 21.2. The molecule has 4 rings (SSSR count). The van der Waals surface area contributed by atoms with Gasteiger partial charge in [-0.15, -0.1) is 0 Å². The summed E-state index contributed by atoms with van der Waals surface area (Å²) in [5.74, 6) is -0.264. The lowest BCUT2D eigenvalue weighted by Gasteiger charge is -2.35. The molecule has 1 fully saturated rings. The van der Waals surface area contributed by atoms with E-state index in [4.69, 9.17) is 0 Å². The highest BCUT2D eigenvalue weighted by Gasteiger charge is 2.20. The van der Waals surface area contributed by atoms with E-state index in [0.717, 1.165) is 42.1 Å². The third-order valence-corrected chi connectivity index (χ3v) is 5.66. The smallest absolute Gasteiger partial charge is 0.240 e. The molecule has 0 bridgehead atoms. The van der Waals surface area contributed by atoms with Crippen LogP contribution in [-0.4, -0.2) is 48.5 Å². The summed E-state index contributed by atoms with van der Waals surface area (Å²) < 4.78 is 14.1. The van der Waals surface area contributed by atoms with Crippen LogP contribution in [0.5, 0.6) is 0 Å². The second-order valence-electron chi connectivity index (χ2n) is 6.78. The van der Waals surface area contributed by atoms with Crippen molar-refractivity contribution >= 4 is 38.3 Å². The molecule has 0 saturated carbocycles. The van der Waals surface area contributed by atoms with Gasteiger partial charge in [0.05, 0.1) is 16.8 Å². The third-order valence-electron chi connectivity index (χ3n) is 4.72. The first kappa shape index (κ1) is 17.9. The molecule has 1 aromatic heterocycles. The molecule has 1 amide bonds. The van der Waals surface area contributed by atoms with E-state index in [0.29, 0.717) is 11.7 Å². The molecule has 2 heterocycles. The van der Waals surface area contributed by atoms with Gasteiger partial charge in [0, 0.05) is 31.9 Å². The van der Waals surface area contributed by atoms with E-state index < -0.39 is 0 Å². The fourth-order valence-electron chi connectivity index (χ4n) is 3.26. The van der Waals surface area contributed by atoms with Crippen LogP contribution in [0.1, 0.15) is 5.56 Å². The number of carbonyl (C=O) groups excluding carboxylic acids is 1. The summed E-state index contributed by atoms with van der Waals surface area (Å²) in [7, 11) is 0. The topological polar surface area (TPSA) is 48.5 Å². The van der Waals surface area contributed by atoms with Gasteiger partial charge in [0.15, 0.2) is 5.13 Å². The van der Waals surface area contributed by atoms with Crippen molar-refractivity contribution in [2.75, 3.05) is 42.9 Å². The highest BCUT2D eigenvalue weighted by atomic mass is 32.1.